The van der Waals surface area contributed by atoms with Crippen molar-refractivity contribution in [1.82, 2.24) is 0 Å². The molecule has 0 saturated carbocycles. The summed E-state index contributed by atoms with van der Waals surface area (Å²) in [5.41, 5.74) is 0.764. The van der Waals surface area contributed by atoms with Gasteiger partial charge in [0.1, 0.15) is 0 Å². The largest absolute Gasteiger partial charge is 0.478 e. The highest BCUT2D eigenvalue weighted by atomic mass is 79.9. The number of rotatable bonds is 4. The van der Waals surface area contributed by atoms with Gasteiger partial charge in [-0.05, 0) is 31.0 Å². The van der Waals surface area contributed by atoms with Crippen LogP contribution in [0.5, 0.6) is 0 Å². The summed E-state index contributed by atoms with van der Waals surface area (Å²) in [7, 11) is -2.98. The van der Waals surface area contributed by atoms with E-state index in [1.807, 2.05) is 0 Å². The molecule has 1 aliphatic heterocycles. The molecule has 1 atom stereocenters. The number of benzene rings is 1. The second-order valence-corrected chi connectivity index (χ2v) is 7.86. The lowest BCUT2D eigenvalue weighted by Crippen LogP contribution is -2.25. The average molecular weight is 348 g/mol. The molecule has 1 aliphatic rings. The van der Waals surface area contributed by atoms with E-state index >= 15 is 0 Å². The first-order valence-corrected chi connectivity index (χ1v) is 8.38. The van der Waals surface area contributed by atoms with E-state index in [2.05, 4.69) is 21.2 Å². The lowest BCUT2D eigenvalue weighted by atomic mass is 10.2. The van der Waals surface area contributed by atoms with Crippen molar-refractivity contribution in [3.05, 3.63) is 28.2 Å². The number of sulfone groups is 1. The summed E-state index contributed by atoms with van der Waals surface area (Å²) < 4.78 is 24.0. The fourth-order valence-electron chi connectivity index (χ4n) is 2.13. The van der Waals surface area contributed by atoms with Gasteiger partial charge in [-0.2, -0.15) is 0 Å². The standard InChI is InChI=1S/C12H14BrNO4S/c13-9-4-8(12(15)16)5-10(6-9)14-7-11-2-1-3-19(11,17)18/h4-6,11,14H,1-3,7H2,(H,15,16). The molecule has 2 rings (SSSR count). The van der Waals surface area contributed by atoms with Crippen molar-refractivity contribution in [3.63, 3.8) is 0 Å². The summed E-state index contributed by atoms with van der Waals surface area (Å²) >= 11 is 3.24. The summed E-state index contributed by atoms with van der Waals surface area (Å²) in [5, 5.41) is 11.6. The van der Waals surface area contributed by atoms with Gasteiger partial charge < -0.3 is 10.4 Å². The zero-order chi connectivity index (χ0) is 14.0. The van der Waals surface area contributed by atoms with Crippen LogP contribution in [0.3, 0.4) is 0 Å². The number of anilines is 1. The fourth-order valence-corrected chi connectivity index (χ4v) is 4.39. The van der Waals surface area contributed by atoms with Crippen LogP contribution in [0.4, 0.5) is 5.69 Å². The van der Waals surface area contributed by atoms with Crippen LogP contribution in [0, 0.1) is 0 Å². The molecule has 5 nitrogen and oxygen atoms in total. The molecule has 2 N–H and O–H groups in total. The maximum absolute atomic E-state index is 11.7. The fraction of sp³-hybridized carbons (Fsp3) is 0.417. The molecular weight excluding hydrogens is 334 g/mol. The van der Waals surface area contributed by atoms with E-state index in [1.54, 1.807) is 6.07 Å². The van der Waals surface area contributed by atoms with Gasteiger partial charge in [-0.25, -0.2) is 13.2 Å². The van der Waals surface area contributed by atoms with Crippen molar-refractivity contribution in [2.45, 2.75) is 18.1 Å². The van der Waals surface area contributed by atoms with Gasteiger partial charge in [-0.1, -0.05) is 15.9 Å². The highest BCUT2D eigenvalue weighted by molar-refractivity contribution is 9.10. The summed E-state index contributed by atoms with van der Waals surface area (Å²) in [6.07, 6.45) is 1.36. The molecule has 0 bridgehead atoms. The molecule has 0 amide bonds. The normalized spacial score (nSPS) is 21.2. The van der Waals surface area contributed by atoms with Crippen molar-refractivity contribution in [2.75, 3.05) is 17.6 Å². The van der Waals surface area contributed by atoms with E-state index < -0.39 is 15.8 Å². The minimum Gasteiger partial charge on any atom is -0.478 e. The van der Waals surface area contributed by atoms with E-state index in [0.717, 1.165) is 0 Å². The van der Waals surface area contributed by atoms with E-state index in [1.165, 1.54) is 12.1 Å². The number of hydrogen-bond donors (Lipinski definition) is 2. The zero-order valence-corrected chi connectivity index (χ0v) is 12.5. The number of halogens is 1. The molecule has 1 aromatic carbocycles. The van der Waals surface area contributed by atoms with Crippen LogP contribution in [-0.4, -0.2) is 37.0 Å². The Morgan fingerprint density at radius 2 is 2.16 bits per heavy atom. The molecule has 1 heterocycles. The number of nitrogens with one attached hydrogen (secondary N) is 1. The van der Waals surface area contributed by atoms with Gasteiger partial charge >= 0.3 is 5.97 Å². The molecule has 1 unspecified atom stereocenters. The second kappa shape index (κ2) is 5.50. The third-order valence-corrected chi connectivity index (χ3v) is 5.88. The van der Waals surface area contributed by atoms with E-state index in [9.17, 15) is 13.2 Å². The van der Waals surface area contributed by atoms with Gasteiger partial charge in [0.05, 0.1) is 16.6 Å². The summed E-state index contributed by atoms with van der Waals surface area (Å²) in [4.78, 5) is 10.9. The third kappa shape index (κ3) is 3.48. The Labute approximate surface area is 120 Å². The van der Waals surface area contributed by atoms with Gasteiger partial charge in [0.25, 0.3) is 0 Å². The van der Waals surface area contributed by atoms with Crippen LogP contribution in [0.1, 0.15) is 23.2 Å². The number of carboxylic acid groups (broad SMARTS) is 1. The highest BCUT2D eigenvalue weighted by Crippen LogP contribution is 2.23. The van der Waals surface area contributed by atoms with Gasteiger partial charge in [0.15, 0.2) is 9.84 Å². The van der Waals surface area contributed by atoms with E-state index in [-0.39, 0.29) is 16.6 Å². The van der Waals surface area contributed by atoms with Crippen molar-refractivity contribution in [3.8, 4) is 0 Å². The maximum Gasteiger partial charge on any atom is 0.335 e. The molecule has 0 spiro atoms. The topological polar surface area (TPSA) is 83.5 Å². The molecule has 1 fully saturated rings. The van der Waals surface area contributed by atoms with Gasteiger partial charge in [0.2, 0.25) is 0 Å². The molecule has 0 aliphatic carbocycles. The van der Waals surface area contributed by atoms with Crippen LogP contribution < -0.4 is 5.32 Å². The van der Waals surface area contributed by atoms with Crippen LogP contribution in [-0.2, 0) is 9.84 Å². The number of carbonyl (C=O) groups is 1. The van der Waals surface area contributed by atoms with Gasteiger partial charge in [0, 0.05) is 16.7 Å². The molecule has 0 aromatic heterocycles. The minimum atomic E-state index is -2.98. The van der Waals surface area contributed by atoms with Crippen molar-refractivity contribution < 1.29 is 18.3 Å². The molecular formula is C12H14BrNO4S. The second-order valence-electron chi connectivity index (χ2n) is 4.55. The Morgan fingerprint density at radius 3 is 2.74 bits per heavy atom. The van der Waals surface area contributed by atoms with E-state index in [4.69, 9.17) is 5.11 Å². The lowest BCUT2D eigenvalue weighted by molar-refractivity contribution is 0.0697. The Kier molecular flexibility index (Phi) is 4.15. The van der Waals surface area contributed by atoms with Gasteiger partial charge in [-0.15, -0.1) is 0 Å². The van der Waals surface area contributed by atoms with Crippen molar-refractivity contribution in [1.29, 1.82) is 0 Å². The molecule has 1 saturated heterocycles. The maximum atomic E-state index is 11.7. The molecule has 7 heteroatoms. The third-order valence-electron chi connectivity index (χ3n) is 3.14. The Hall–Kier alpha value is -1.08. The smallest absolute Gasteiger partial charge is 0.335 e. The Morgan fingerprint density at radius 1 is 1.42 bits per heavy atom. The lowest BCUT2D eigenvalue weighted by Gasteiger charge is -2.12. The number of carboxylic acids is 1. The SMILES string of the molecule is O=C(O)c1cc(Br)cc(NCC2CCCS2(=O)=O)c1. The van der Waals surface area contributed by atoms with Crippen LogP contribution in [0.15, 0.2) is 22.7 Å². The van der Waals surface area contributed by atoms with E-state index in [0.29, 0.717) is 29.5 Å². The van der Waals surface area contributed by atoms with Crippen molar-refractivity contribution >= 4 is 37.4 Å². The first kappa shape index (κ1) is 14.3. The van der Waals surface area contributed by atoms with Gasteiger partial charge in [-0.3, -0.25) is 0 Å². The first-order valence-electron chi connectivity index (χ1n) is 5.88. The molecule has 19 heavy (non-hydrogen) atoms. The quantitative estimate of drug-likeness (QED) is 0.871. The zero-order valence-electron chi connectivity index (χ0n) is 10.1. The van der Waals surface area contributed by atoms with Crippen LogP contribution in [0.2, 0.25) is 0 Å². The number of hydrogen-bond acceptors (Lipinski definition) is 4. The highest BCUT2D eigenvalue weighted by Gasteiger charge is 2.30. The number of aromatic carboxylic acids is 1. The minimum absolute atomic E-state index is 0.158. The Balaban J connectivity index is 2.10. The molecule has 0 radical (unpaired) electrons. The monoisotopic (exact) mass is 347 g/mol. The molecule has 1 aromatic rings. The molecule has 104 valence electrons. The van der Waals surface area contributed by atoms with Crippen molar-refractivity contribution in [2.24, 2.45) is 0 Å². The average Bonchev–Trinajstić information content (AvgIpc) is 2.65. The summed E-state index contributed by atoms with van der Waals surface area (Å²) in [6, 6.07) is 4.72. The first-order chi connectivity index (χ1) is 8.88. The predicted molar refractivity (Wildman–Crippen MR) is 76.4 cm³/mol. The van der Waals surface area contributed by atoms with Crippen LogP contribution in [0.25, 0.3) is 0 Å². The predicted octanol–water partition coefficient (Wildman–Crippen LogP) is 2.14. The summed E-state index contributed by atoms with van der Waals surface area (Å²) in [5.74, 6) is -0.768. The Bertz CT molecular complexity index is 600. The van der Waals surface area contributed by atoms with Crippen LogP contribution >= 0.6 is 15.9 Å². The summed E-state index contributed by atoms with van der Waals surface area (Å²) in [6.45, 7) is 0.317.